The quantitative estimate of drug-likeness (QED) is 0.608. The molecule has 0 amide bonds. The predicted molar refractivity (Wildman–Crippen MR) is 53.7 cm³/mol. The van der Waals surface area contributed by atoms with Crippen molar-refractivity contribution in [2.75, 3.05) is 0 Å². The van der Waals surface area contributed by atoms with Crippen LogP contribution < -0.4 is 0 Å². The van der Waals surface area contributed by atoms with Crippen LogP contribution >= 0.6 is 22.9 Å². The van der Waals surface area contributed by atoms with E-state index in [-0.39, 0.29) is 0 Å². The maximum absolute atomic E-state index is 10.7. The van der Waals surface area contributed by atoms with Gasteiger partial charge in [-0.2, -0.15) is 0 Å². The highest BCUT2D eigenvalue weighted by atomic mass is 35.5. The summed E-state index contributed by atoms with van der Waals surface area (Å²) in [6.45, 7) is 0. The van der Waals surface area contributed by atoms with Crippen molar-refractivity contribution < 1.29 is 8.76 Å². The molecule has 1 N–H and O–H groups in total. The Morgan fingerprint density at radius 3 is 3.00 bits per heavy atom. The van der Waals surface area contributed by atoms with Crippen LogP contribution in [-0.4, -0.2) is 13.7 Å². The van der Waals surface area contributed by atoms with E-state index in [1.54, 1.807) is 18.3 Å². The molecule has 1 unspecified atom stereocenters. The van der Waals surface area contributed by atoms with Crippen molar-refractivity contribution >= 4 is 44.1 Å². The molecule has 0 aromatic carbocycles. The van der Waals surface area contributed by atoms with E-state index >= 15 is 0 Å². The summed E-state index contributed by atoms with van der Waals surface area (Å²) in [6.07, 6.45) is 1.57. The minimum absolute atomic E-state index is 0.366. The van der Waals surface area contributed by atoms with Gasteiger partial charge in [0.15, 0.2) is 11.1 Å². The second kappa shape index (κ2) is 3.34. The Morgan fingerprint density at radius 2 is 2.38 bits per heavy atom. The lowest BCUT2D eigenvalue weighted by Crippen LogP contribution is -1.80. The number of thiophene rings is 1. The first kappa shape index (κ1) is 9.08. The molecule has 0 saturated carbocycles. The second-order valence-electron chi connectivity index (χ2n) is 2.33. The molecule has 0 radical (unpaired) electrons. The molecule has 0 spiro atoms. The largest absolute Gasteiger partial charge is 0.302 e. The second-order valence-corrected chi connectivity index (χ2v) is 4.97. The molecule has 0 aliphatic rings. The SMILES string of the molecule is O=S(O)c1cc2c(Cl)nccc2s1. The van der Waals surface area contributed by atoms with E-state index in [1.807, 2.05) is 0 Å². The number of halogens is 1. The molecular formula is C7H4ClNO2S2. The van der Waals surface area contributed by atoms with Crippen molar-refractivity contribution in [2.45, 2.75) is 4.21 Å². The third kappa shape index (κ3) is 1.60. The zero-order valence-corrected chi connectivity index (χ0v) is 8.62. The number of rotatable bonds is 1. The lowest BCUT2D eigenvalue weighted by atomic mass is 10.3. The van der Waals surface area contributed by atoms with Crippen LogP contribution in [0.4, 0.5) is 0 Å². The van der Waals surface area contributed by atoms with Crippen molar-refractivity contribution in [3.63, 3.8) is 0 Å². The fourth-order valence-corrected chi connectivity index (χ4v) is 2.82. The Hall–Kier alpha value is -0.490. The fraction of sp³-hybridized carbons (Fsp3) is 0. The molecule has 6 heteroatoms. The zero-order chi connectivity index (χ0) is 9.42. The van der Waals surface area contributed by atoms with Crippen LogP contribution in [0.25, 0.3) is 10.1 Å². The molecule has 0 fully saturated rings. The third-order valence-corrected chi connectivity index (χ3v) is 3.88. The molecule has 0 aliphatic carbocycles. The predicted octanol–water partition coefficient (Wildman–Crippen LogP) is 2.53. The lowest BCUT2D eigenvalue weighted by Gasteiger charge is -1.88. The van der Waals surface area contributed by atoms with Crippen molar-refractivity contribution in [1.29, 1.82) is 0 Å². The molecule has 0 aliphatic heterocycles. The van der Waals surface area contributed by atoms with Gasteiger partial charge in [-0.25, -0.2) is 9.19 Å². The van der Waals surface area contributed by atoms with Crippen molar-refractivity contribution in [2.24, 2.45) is 0 Å². The van der Waals surface area contributed by atoms with Gasteiger partial charge in [0, 0.05) is 16.3 Å². The Morgan fingerprint density at radius 1 is 1.62 bits per heavy atom. The summed E-state index contributed by atoms with van der Waals surface area (Å²) in [4.78, 5) is 3.87. The normalized spacial score (nSPS) is 13.4. The van der Waals surface area contributed by atoms with Crippen LogP contribution in [0.2, 0.25) is 5.15 Å². The lowest BCUT2D eigenvalue weighted by molar-refractivity contribution is 0.566. The van der Waals surface area contributed by atoms with E-state index in [4.69, 9.17) is 16.2 Å². The molecule has 68 valence electrons. The Balaban J connectivity index is 2.75. The van der Waals surface area contributed by atoms with E-state index in [0.717, 1.165) is 10.1 Å². The third-order valence-electron chi connectivity index (χ3n) is 1.55. The van der Waals surface area contributed by atoms with Crippen LogP contribution in [0.5, 0.6) is 0 Å². The number of fused-ring (bicyclic) bond motifs is 1. The summed E-state index contributed by atoms with van der Waals surface area (Å²) in [7, 11) is 0. The summed E-state index contributed by atoms with van der Waals surface area (Å²) < 4.78 is 20.8. The standard InChI is InChI=1S/C7H4ClNO2S2/c8-7-4-3-6(13(10)11)12-5(4)1-2-9-7/h1-3H,(H,10,11). The van der Waals surface area contributed by atoms with E-state index in [9.17, 15) is 4.21 Å². The summed E-state index contributed by atoms with van der Waals surface area (Å²) in [5.74, 6) is 0. The van der Waals surface area contributed by atoms with Crippen LogP contribution in [-0.2, 0) is 11.1 Å². The Bertz CT molecular complexity index is 482. The highest BCUT2D eigenvalue weighted by Gasteiger charge is 2.08. The van der Waals surface area contributed by atoms with Gasteiger partial charge in [0.05, 0.1) is 0 Å². The minimum atomic E-state index is -1.94. The topological polar surface area (TPSA) is 50.2 Å². The summed E-state index contributed by atoms with van der Waals surface area (Å²) in [5.41, 5.74) is 0. The highest BCUT2D eigenvalue weighted by molar-refractivity contribution is 7.82. The van der Waals surface area contributed by atoms with Gasteiger partial charge in [-0.05, 0) is 12.1 Å². The van der Waals surface area contributed by atoms with Gasteiger partial charge in [-0.3, -0.25) is 0 Å². The van der Waals surface area contributed by atoms with Crippen LogP contribution in [0.1, 0.15) is 0 Å². The average Bonchev–Trinajstić information content (AvgIpc) is 2.49. The summed E-state index contributed by atoms with van der Waals surface area (Å²) >= 11 is 5.10. The first-order chi connectivity index (χ1) is 6.18. The first-order valence-electron chi connectivity index (χ1n) is 3.33. The Labute approximate surface area is 85.7 Å². The summed E-state index contributed by atoms with van der Waals surface area (Å²) in [5, 5.41) is 1.09. The summed E-state index contributed by atoms with van der Waals surface area (Å²) in [6, 6.07) is 3.35. The molecule has 2 aromatic heterocycles. The highest BCUT2D eigenvalue weighted by Crippen LogP contribution is 2.30. The molecule has 0 saturated heterocycles. The smallest absolute Gasteiger partial charge is 0.196 e. The van der Waals surface area contributed by atoms with Gasteiger partial charge in [0.1, 0.15) is 9.36 Å². The van der Waals surface area contributed by atoms with Gasteiger partial charge in [-0.15, -0.1) is 11.3 Å². The van der Waals surface area contributed by atoms with Crippen LogP contribution in [0.3, 0.4) is 0 Å². The van der Waals surface area contributed by atoms with Crippen molar-refractivity contribution in [3.05, 3.63) is 23.5 Å². The van der Waals surface area contributed by atoms with E-state index in [2.05, 4.69) is 4.98 Å². The van der Waals surface area contributed by atoms with Gasteiger partial charge < -0.3 is 4.55 Å². The molecule has 0 bridgehead atoms. The zero-order valence-electron chi connectivity index (χ0n) is 6.23. The maximum atomic E-state index is 10.7. The monoisotopic (exact) mass is 233 g/mol. The van der Waals surface area contributed by atoms with E-state index in [1.165, 1.54) is 11.3 Å². The fourth-order valence-electron chi connectivity index (χ4n) is 0.993. The molecular weight excluding hydrogens is 230 g/mol. The van der Waals surface area contributed by atoms with Crippen LogP contribution in [0, 0.1) is 0 Å². The average molecular weight is 234 g/mol. The number of hydrogen-bond acceptors (Lipinski definition) is 3. The van der Waals surface area contributed by atoms with Crippen molar-refractivity contribution in [3.8, 4) is 0 Å². The number of nitrogens with zero attached hydrogens (tertiary/aromatic N) is 1. The minimum Gasteiger partial charge on any atom is -0.302 e. The molecule has 3 nitrogen and oxygen atoms in total. The van der Waals surface area contributed by atoms with Crippen LogP contribution in [0.15, 0.2) is 22.5 Å². The molecule has 2 heterocycles. The van der Waals surface area contributed by atoms with Gasteiger partial charge in [0.2, 0.25) is 0 Å². The number of aromatic nitrogens is 1. The Kier molecular flexibility index (Phi) is 2.33. The van der Waals surface area contributed by atoms with Gasteiger partial charge in [0.25, 0.3) is 0 Å². The van der Waals surface area contributed by atoms with Crippen molar-refractivity contribution in [1.82, 2.24) is 4.98 Å². The molecule has 2 rings (SSSR count). The van der Waals surface area contributed by atoms with Gasteiger partial charge in [-0.1, -0.05) is 11.6 Å². The van der Waals surface area contributed by atoms with E-state index in [0.29, 0.717) is 9.36 Å². The van der Waals surface area contributed by atoms with E-state index < -0.39 is 11.1 Å². The maximum Gasteiger partial charge on any atom is 0.196 e. The first-order valence-corrected chi connectivity index (χ1v) is 5.63. The molecule has 2 aromatic rings. The van der Waals surface area contributed by atoms with Gasteiger partial charge >= 0.3 is 0 Å². The number of pyridine rings is 1. The molecule has 13 heavy (non-hydrogen) atoms. The number of hydrogen-bond donors (Lipinski definition) is 1. The molecule has 1 atom stereocenters.